The summed E-state index contributed by atoms with van der Waals surface area (Å²) >= 11 is 0. The van der Waals surface area contributed by atoms with Gasteiger partial charge in [0.25, 0.3) is 0 Å². The molecule has 2 bridgehead atoms. The molecule has 0 aromatic carbocycles. The first-order chi connectivity index (χ1) is 6.49. The highest BCUT2D eigenvalue weighted by Gasteiger charge is 2.69. The van der Waals surface area contributed by atoms with Crippen LogP contribution in [-0.4, -0.2) is 22.4 Å². The first-order valence-electron chi connectivity index (χ1n) is 5.85. The molecule has 5 atom stereocenters. The van der Waals surface area contributed by atoms with Gasteiger partial charge in [-0.05, 0) is 42.9 Å². The highest BCUT2D eigenvalue weighted by molar-refractivity contribution is 5.18. The van der Waals surface area contributed by atoms with Crippen LogP contribution < -0.4 is 0 Å². The van der Waals surface area contributed by atoms with Crippen LogP contribution in [0.25, 0.3) is 0 Å². The van der Waals surface area contributed by atoms with Crippen LogP contribution in [0.5, 0.6) is 0 Å². The van der Waals surface area contributed by atoms with Gasteiger partial charge in [-0.15, -0.1) is 0 Å². The topological polar surface area (TPSA) is 40.5 Å². The summed E-state index contributed by atoms with van der Waals surface area (Å²) in [7, 11) is 0. The van der Waals surface area contributed by atoms with E-state index in [9.17, 15) is 10.2 Å². The standard InChI is InChI=1S/C12H20O2/c1-11(2)7-5-8(11)12(10(14)6-7)4-3-9(12)13/h7-10,13-14H,3-6H2,1-2H3. The van der Waals surface area contributed by atoms with Crippen molar-refractivity contribution in [1.29, 1.82) is 0 Å². The number of aliphatic hydroxyl groups is 2. The summed E-state index contributed by atoms with van der Waals surface area (Å²) < 4.78 is 0. The van der Waals surface area contributed by atoms with Crippen LogP contribution in [0.4, 0.5) is 0 Å². The summed E-state index contributed by atoms with van der Waals surface area (Å²) in [5.41, 5.74) is 0.249. The molecule has 4 rings (SSSR count). The maximum Gasteiger partial charge on any atom is 0.0626 e. The van der Waals surface area contributed by atoms with E-state index in [4.69, 9.17) is 0 Å². The van der Waals surface area contributed by atoms with E-state index in [1.54, 1.807) is 0 Å². The second-order valence-electron chi connectivity index (χ2n) is 6.22. The zero-order valence-corrected chi connectivity index (χ0v) is 9.03. The van der Waals surface area contributed by atoms with Crippen LogP contribution >= 0.6 is 0 Å². The van der Waals surface area contributed by atoms with Crippen LogP contribution in [0, 0.1) is 22.7 Å². The molecule has 0 amide bonds. The smallest absolute Gasteiger partial charge is 0.0626 e. The molecule has 0 aliphatic heterocycles. The van der Waals surface area contributed by atoms with E-state index in [0.717, 1.165) is 19.3 Å². The summed E-state index contributed by atoms with van der Waals surface area (Å²) in [6.45, 7) is 4.62. The van der Waals surface area contributed by atoms with Crippen LogP contribution in [0.2, 0.25) is 0 Å². The molecule has 80 valence electrons. The van der Waals surface area contributed by atoms with Gasteiger partial charge in [0.15, 0.2) is 0 Å². The average molecular weight is 196 g/mol. The van der Waals surface area contributed by atoms with E-state index in [0.29, 0.717) is 17.3 Å². The second kappa shape index (κ2) is 2.35. The molecule has 0 aromatic rings. The van der Waals surface area contributed by atoms with Crippen molar-refractivity contribution in [2.75, 3.05) is 0 Å². The van der Waals surface area contributed by atoms with E-state index >= 15 is 0 Å². The summed E-state index contributed by atoms with van der Waals surface area (Å²) in [6.07, 6.45) is 3.62. The van der Waals surface area contributed by atoms with Gasteiger partial charge >= 0.3 is 0 Å². The SMILES string of the molecule is CC1(C)C2CC(O)C3(CCC3O)C1C2. The average Bonchev–Trinajstić information content (AvgIpc) is 2.14. The van der Waals surface area contributed by atoms with Crippen LogP contribution in [0.1, 0.15) is 39.5 Å². The van der Waals surface area contributed by atoms with Crippen molar-refractivity contribution in [3.63, 3.8) is 0 Å². The number of fused-ring (bicyclic) bond motifs is 1. The Morgan fingerprint density at radius 1 is 1.07 bits per heavy atom. The Bertz CT molecular complexity index is 273. The molecule has 5 unspecified atom stereocenters. The summed E-state index contributed by atoms with van der Waals surface area (Å²) in [6, 6.07) is 0. The lowest BCUT2D eigenvalue weighted by molar-refractivity contribution is -0.284. The van der Waals surface area contributed by atoms with Crippen molar-refractivity contribution in [2.24, 2.45) is 22.7 Å². The van der Waals surface area contributed by atoms with Crippen LogP contribution in [0.3, 0.4) is 0 Å². The Kier molecular flexibility index (Phi) is 1.54. The van der Waals surface area contributed by atoms with Gasteiger partial charge in [-0.3, -0.25) is 0 Å². The Balaban J connectivity index is 1.96. The number of rotatable bonds is 0. The van der Waals surface area contributed by atoms with E-state index < -0.39 is 0 Å². The zero-order chi connectivity index (χ0) is 10.1. The minimum atomic E-state index is -0.233. The van der Waals surface area contributed by atoms with E-state index in [1.165, 1.54) is 6.42 Å². The first-order valence-corrected chi connectivity index (χ1v) is 5.85. The maximum absolute atomic E-state index is 10.1. The highest BCUT2D eigenvalue weighted by Crippen LogP contribution is 2.71. The van der Waals surface area contributed by atoms with Gasteiger partial charge in [-0.1, -0.05) is 13.8 Å². The van der Waals surface area contributed by atoms with Gasteiger partial charge in [-0.25, -0.2) is 0 Å². The summed E-state index contributed by atoms with van der Waals surface area (Å²) in [5, 5.41) is 20.1. The molecule has 2 heteroatoms. The number of aliphatic hydroxyl groups excluding tert-OH is 2. The molecule has 4 saturated carbocycles. The Labute approximate surface area is 85.3 Å². The van der Waals surface area contributed by atoms with Gasteiger partial charge in [0.05, 0.1) is 12.2 Å². The van der Waals surface area contributed by atoms with E-state index in [-0.39, 0.29) is 17.6 Å². The van der Waals surface area contributed by atoms with Crippen molar-refractivity contribution >= 4 is 0 Å². The molecule has 0 aromatic heterocycles. The fourth-order valence-corrected chi connectivity index (χ4v) is 4.45. The molecule has 4 aliphatic rings. The maximum atomic E-state index is 10.1. The third-order valence-corrected chi connectivity index (χ3v) is 5.72. The lowest BCUT2D eigenvalue weighted by Gasteiger charge is -2.71. The summed E-state index contributed by atoms with van der Waals surface area (Å²) in [5.74, 6) is 1.26. The van der Waals surface area contributed by atoms with Crippen molar-refractivity contribution in [3.05, 3.63) is 0 Å². The third-order valence-electron chi connectivity index (χ3n) is 5.72. The molecule has 2 N–H and O–H groups in total. The largest absolute Gasteiger partial charge is 0.392 e. The van der Waals surface area contributed by atoms with Gasteiger partial charge in [0, 0.05) is 5.41 Å². The molecule has 4 fully saturated rings. The van der Waals surface area contributed by atoms with Crippen LogP contribution in [-0.2, 0) is 0 Å². The predicted molar refractivity (Wildman–Crippen MR) is 53.7 cm³/mol. The molecule has 0 radical (unpaired) electrons. The van der Waals surface area contributed by atoms with Crippen molar-refractivity contribution in [2.45, 2.75) is 51.7 Å². The lowest BCUT2D eigenvalue weighted by atomic mass is 9.35. The first kappa shape index (κ1) is 9.17. The minimum Gasteiger partial charge on any atom is -0.392 e. The molecule has 2 nitrogen and oxygen atoms in total. The van der Waals surface area contributed by atoms with Crippen molar-refractivity contribution < 1.29 is 10.2 Å². The molecule has 4 aliphatic carbocycles. The monoisotopic (exact) mass is 196 g/mol. The van der Waals surface area contributed by atoms with Gasteiger partial charge in [0.2, 0.25) is 0 Å². The summed E-state index contributed by atoms with van der Waals surface area (Å²) in [4.78, 5) is 0. The molecule has 0 saturated heterocycles. The van der Waals surface area contributed by atoms with Gasteiger partial charge < -0.3 is 10.2 Å². The Hall–Kier alpha value is -0.0800. The molecule has 1 spiro atoms. The molecule has 0 heterocycles. The quantitative estimate of drug-likeness (QED) is 0.617. The number of hydrogen-bond donors (Lipinski definition) is 2. The lowest BCUT2D eigenvalue weighted by Crippen LogP contribution is -2.70. The van der Waals surface area contributed by atoms with Gasteiger partial charge in [0.1, 0.15) is 0 Å². The van der Waals surface area contributed by atoms with Crippen molar-refractivity contribution in [1.82, 2.24) is 0 Å². The van der Waals surface area contributed by atoms with Crippen molar-refractivity contribution in [3.8, 4) is 0 Å². The normalized spacial score (nSPS) is 59.1. The van der Waals surface area contributed by atoms with E-state index in [1.807, 2.05) is 0 Å². The minimum absolute atomic E-state index is 0.113. The molecular weight excluding hydrogens is 176 g/mol. The molecule has 14 heavy (non-hydrogen) atoms. The Morgan fingerprint density at radius 2 is 1.79 bits per heavy atom. The van der Waals surface area contributed by atoms with Gasteiger partial charge in [-0.2, -0.15) is 0 Å². The number of hydrogen-bond acceptors (Lipinski definition) is 2. The highest BCUT2D eigenvalue weighted by atomic mass is 16.3. The second-order valence-corrected chi connectivity index (χ2v) is 6.22. The van der Waals surface area contributed by atoms with E-state index in [2.05, 4.69) is 13.8 Å². The Morgan fingerprint density at radius 3 is 2.14 bits per heavy atom. The fourth-order valence-electron chi connectivity index (χ4n) is 4.45. The zero-order valence-electron chi connectivity index (χ0n) is 9.03. The predicted octanol–water partition coefficient (Wildman–Crippen LogP) is 1.55. The van der Waals surface area contributed by atoms with Crippen LogP contribution in [0.15, 0.2) is 0 Å². The molecular formula is C12H20O2. The third kappa shape index (κ3) is 0.737. The fraction of sp³-hybridized carbons (Fsp3) is 1.00.